The quantitative estimate of drug-likeness (QED) is 0.715. The minimum atomic E-state index is -0.253. The Morgan fingerprint density at radius 3 is 2.00 bits per heavy atom. The van der Waals surface area contributed by atoms with Crippen LogP contribution in [0.25, 0.3) is 0 Å². The zero-order chi connectivity index (χ0) is 9.14. The number of aromatic nitrogens is 3. The van der Waals surface area contributed by atoms with Crippen molar-refractivity contribution in [3.05, 3.63) is 10.6 Å². The fraction of sp³-hybridized carbons (Fsp3) is 0.400. The van der Waals surface area contributed by atoms with Crippen LogP contribution < -0.4 is 4.18 Å². The van der Waals surface area contributed by atoms with Gasteiger partial charge in [0.25, 0.3) is 0 Å². The highest BCUT2D eigenvalue weighted by Gasteiger charge is 2.11. The first kappa shape index (κ1) is 9.83. The van der Waals surface area contributed by atoms with Crippen molar-refractivity contribution in [1.82, 2.24) is 15.0 Å². The Hall–Kier alpha value is -0.260. The van der Waals surface area contributed by atoms with Gasteiger partial charge >= 0.3 is 6.01 Å². The summed E-state index contributed by atoms with van der Waals surface area (Å²) in [4.78, 5) is 11.0. The summed E-state index contributed by atoms with van der Waals surface area (Å²) < 4.78 is 5.17. The van der Waals surface area contributed by atoms with E-state index in [-0.39, 0.29) is 27.8 Å². The van der Waals surface area contributed by atoms with E-state index in [1.807, 2.05) is 12.5 Å². The molecule has 0 bridgehead atoms. The Morgan fingerprint density at radius 1 is 1.08 bits per heavy atom. The van der Waals surface area contributed by atoms with Gasteiger partial charge in [0.1, 0.15) is 12.5 Å². The van der Waals surface area contributed by atoms with Gasteiger partial charge in [0.05, 0.1) is 0 Å². The van der Waals surface area contributed by atoms with Crippen LogP contribution in [0.1, 0.15) is 0 Å². The van der Waals surface area contributed by atoms with E-state index in [1.165, 1.54) is 0 Å². The van der Waals surface area contributed by atoms with Crippen molar-refractivity contribution in [2.75, 3.05) is 12.5 Å². The Balaban J connectivity index is 2.85. The molecule has 0 atom stereocenters. The molecule has 1 aromatic heterocycles. The molecule has 0 aromatic carbocycles. The summed E-state index contributed by atoms with van der Waals surface area (Å²) in [6.45, 7) is 0. The maximum Gasteiger partial charge on any atom is 0.381 e. The molecule has 1 aromatic rings. The fourth-order valence-corrected chi connectivity index (χ4v) is 1.22. The van der Waals surface area contributed by atoms with Crippen LogP contribution in [0, 0.1) is 0 Å². The summed E-state index contributed by atoms with van der Waals surface area (Å²) in [7, 11) is 0. The van der Waals surface area contributed by atoms with Gasteiger partial charge in [-0.05, 0) is 23.2 Å². The van der Waals surface area contributed by atoms with Crippen LogP contribution >= 0.6 is 23.2 Å². The topological polar surface area (TPSA) is 47.9 Å². The maximum absolute atomic E-state index is 5.51. The van der Waals surface area contributed by atoms with Crippen molar-refractivity contribution in [3.63, 3.8) is 0 Å². The highest BCUT2D eigenvalue weighted by Crippen LogP contribution is 2.12. The summed E-state index contributed by atoms with van der Waals surface area (Å²) in [5.41, 5.74) is 0. The molecular weight excluding hydrogens is 221 g/mol. The monoisotopic (exact) mass is 226 g/mol. The Morgan fingerprint density at radius 2 is 1.58 bits per heavy atom. The minimum Gasteiger partial charge on any atom is -0.245 e. The molecule has 0 spiro atoms. The van der Waals surface area contributed by atoms with E-state index in [0.717, 1.165) is 0 Å². The van der Waals surface area contributed by atoms with Crippen molar-refractivity contribution in [3.8, 4) is 6.01 Å². The second-order valence-corrected chi connectivity index (χ2v) is 4.31. The lowest BCUT2D eigenvalue weighted by Gasteiger charge is -1.96. The lowest BCUT2D eigenvalue weighted by molar-refractivity contribution is 0.570. The van der Waals surface area contributed by atoms with Crippen molar-refractivity contribution in [2.24, 2.45) is 0 Å². The van der Waals surface area contributed by atoms with Crippen molar-refractivity contribution < 1.29 is 4.18 Å². The molecule has 0 aliphatic heterocycles. The molecule has 1 rings (SSSR count). The van der Waals surface area contributed by atoms with E-state index in [0.29, 0.717) is 0 Å². The third-order valence-electron chi connectivity index (χ3n) is 0.802. The van der Waals surface area contributed by atoms with E-state index >= 15 is 0 Å². The number of rotatable bonds is 2. The SMILES string of the molecule is C[S+](C)Oc1nc(Cl)nc(Cl)n1. The zero-order valence-corrected chi connectivity index (χ0v) is 8.74. The molecule has 66 valence electrons. The maximum atomic E-state index is 5.51. The average molecular weight is 227 g/mol. The third kappa shape index (κ3) is 3.00. The standard InChI is InChI=1S/C5H6Cl2N3OS/c1-12(2)11-5-9-3(6)8-4(7)10-5/h1-2H3/q+1. The van der Waals surface area contributed by atoms with Crippen LogP contribution in [0.5, 0.6) is 6.01 Å². The summed E-state index contributed by atoms with van der Waals surface area (Å²) in [6.07, 6.45) is 3.76. The smallest absolute Gasteiger partial charge is 0.245 e. The molecule has 4 nitrogen and oxygen atoms in total. The normalized spacial score (nSPS) is 10.4. The van der Waals surface area contributed by atoms with Crippen LogP contribution in [0.4, 0.5) is 0 Å². The van der Waals surface area contributed by atoms with Gasteiger partial charge in [-0.3, -0.25) is 0 Å². The Labute approximate surface area is 82.8 Å². The summed E-state index contributed by atoms with van der Waals surface area (Å²) in [6, 6.07) is 0.160. The van der Waals surface area contributed by atoms with E-state index in [2.05, 4.69) is 15.0 Å². The second kappa shape index (κ2) is 4.11. The summed E-state index contributed by atoms with van der Waals surface area (Å²) >= 11 is 10.8. The lowest BCUT2D eigenvalue weighted by atomic mass is 11.0. The molecule has 0 aliphatic rings. The lowest BCUT2D eigenvalue weighted by Crippen LogP contribution is -2.08. The van der Waals surface area contributed by atoms with Crippen LogP contribution in [0.3, 0.4) is 0 Å². The Bertz CT molecular complexity index is 263. The van der Waals surface area contributed by atoms with Crippen molar-refractivity contribution in [2.45, 2.75) is 0 Å². The molecule has 1 heterocycles. The molecule has 7 heteroatoms. The highest BCUT2D eigenvalue weighted by molar-refractivity contribution is 7.91. The molecule has 0 unspecified atom stereocenters. The van der Waals surface area contributed by atoms with E-state index in [9.17, 15) is 0 Å². The minimum absolute atomic E-state index is 0.0375. The van der Waals surface area contributed by atoms with Gasteiger partial charge in [0.15, 0.2) is 11.2 Å². The molecule has 0 N–H and O–H groups in total. The Kier molecular flexibility index (Phi) is 3.37. The molecular formula is C5H6Cl2N3OS+. The number of hydrogen-bond donors (Lipinski definition) is 0. The third-order valence-corrected chi connectivity index (χ3v) is 1.62. The summed E-state index contributed by atoms with van der Waals surface area (Å²) in [5, 5.41) is 0.0749. The molecule has 0 amide bonds. The largest absolute Gasteiger partial charge is 0.381 e. The van der Waals surface area contributed by atoms with Gasteiger partial charge in [-0.25, -0.2) is 4.18 Å². The zero-order valence-electron chi connectivity index (χ0n) is 6.41. The van der Waals surface area contributed by atoms with Gasteiger partial charge in [-0.15, -0.1) is 0 Å². The van der Waals surface area contributed by atoms with Crippen LogP contribution in [0.2, 0.25) is 10.6 Å². The number of hydrogen-bond acceptors (Lipinski definition) is 4. The van der Waals surface area contributed by atoms with Gasteiger partial charge in [0.2, 0.25) is 10.6 Å². The highest BCUT2D eigenvalue weighted by atomic mass is 35.5. The number of nitrogens with zero attached hydrogens (tertiary/aromatic N) is 3. The predicted octanol–water partition coefficient (Wildman–Crippen LogP) is 1.35. The van der Waals surface area contributed by atoms with Gasteiger partial charge in [0, 0.05) is 0 Å². The van der Waals surface area contributed by atoms with Crippen LogP contribution in [-0.2, 0) is 11.2 Å². The van der Waals surface area contributed by atoms with E-state index in [4.69, 9.17) is 27.4 Å². The van der Waals surface area contributed by atoms with Gasteiger partial charge < -0.3 is 0 Å². The van der Waals surface area contributed by atoms with Crippen molar-refractivity contribution in [1.29, 1.82) is 0 Å². The van der Waals surface area contributed by atoms with Crippen molar-refractivity contribution >= 4 is 34.4 Å². The first-order valence-corrected chi connectivity index (χ1v) is 5.63. The van der Waals surface area contributed by atoms with Gasteiger partial charge in [-0.2, -0.15) is 15.0 Å². The van der Waals surface area contributed by atoms with Gasteiger partial charge in [-0.1, -0.05) is 0 Å². The first-order valence-electron chi connectivity index (χ1n) is 2.91. The first-order chi connectivity index (χ1) is 5.58. The average Bonchev–Trinajstić information content (AvgIpc) is 1.81. The molecule has 0 saturated carbocycles. The molecule has 12 heavy (non-hydrogen) atoms. The number of halogens is 2. The van der Waals surface area contributed by atoms with E-state index < -0.39 is 0 Å². The summed E-state index contributed by atoms with van der Waals surface area (Å²) in [5.74, 6) is 0. The second-order valence-electron chi connectivity index (χ2n) is 1.98. The fourth-order valence-electron chi connectivity index (χ4n) is 0.495. The molecule has 0 fully saturated rings. The molecule has 0 aliphatic carbocycles. The molecule has 0 radical (unpaired) electrons. The predicted molar refractivity (Wildman–Crippen MR) is 49.7 cm³/mol. The van der Waals surface area contributed by atoms with E-state index in [1.54, 1.807) is 0 Å². The van der Waals surface area contributed by atoms with Crippen LogP contribution in [-0.4, -0.2) is 27.5 Å². The van der Waals surface area contributed by atoms with Crippen LogP contribution in [0.15, 0.2) is 0 Å². The molecule has 0 saturated heterocycles.